The van der Waals surface area contributed by atoms with Gasteiger partial charge in [-0.1, -0.05) is 133 Å². The molecule has 0 unspecified atom stereocenters. The summed E-state index contributed by atoms with van der Waals surface area (Å²) in [5.41, 5.74) is 11.7. The summed E-state index contributed by atoms with van der Waals surface area (Å²) < 4.78 is 4.75. The van der Waals surface area contributed by atoms with Crippen LogP contribution in [0.1, 0.15) is 11.3 Å². The molecule has 3 heteroatoms. The van der Waals surface area contributed by atoms with Gasteiger partial charge in [-0.25, -0.2) is 4.98 Å². The van der Waals surface area contributed by atoms with Crippen molar-refractivity contribution in [3.8, 4) is 33.9 Å². The molecule has 2 heterocycles. The van der Waals surface area contributed by atoms with E-state index in [4.69, 9.17) is 4.98 Å². The van der Waals surface area contributed by atoms with Crippen LogP contribution in [0.25, 0.3) is 98.9 Å². The lowest BCUT2D eigenvalue weighted by Gasteiger charge is -2.17. The minimum Gasteiger partial charge on any atom is -0.313 e. The van der Waals surface area contributed by atoms with Crippen molar-refractivity contribution in [2.45, 2.75) is 13.8 Å². The summed E-state index contributed by atoms with van der Waals surface area (Å²) in [6, 6.07) is 63.7. The minimum absolute atomic E-state index is 0.937. The molecule has 0 N–H and O–H groups in total. The Morgan fingerprint density at radius 1 is 0.426 bits per heavy atom. The van der Waals surface area contributed by atoms with Crippen molar-refractivity contribution >= 4 is 65.0 Å². The molecule has 0 saturated heterocycles. The quantitative estimate of drug-likeness (QED) is 0.169. The number of fused-ring (bicyclic) bond motifs is 10. The average molecular weight is 690 g/mol. The van der Waals surface area contributed by atoms with Crippen LogP contribution in [-0.4, -0.2) is 14.1 Å². The van der Waals surface area contributed by atoms with Gasteiger partial charge >= 0.3 is 0 Å². The van der Waals surface area contributed by atoms with E-state index >= 15 is 0 Å². The van der Waals surface area contributed by atoms with Crippen LogP contribution in [0.15, 0.2) is 176 Å². The van der Waals surface area contributed by atoms with Gasteiger partial charge in [-0.3, -0.25) is 4.57 Å². The van der Waals surface area contributed by atoms with E-state index in [-0.39, 0.29) is 0 Å². The van der Waals surface area contributed by atoms with Gasteiger partial charge in [-0.2, -0.15) is 0 Å². The molecular formula is C51H35N3. The Labute approximate surface area is 313 Å². The number of hydrogen-bond donors (Lipinski definition) is 0. The van der Waals surface area contributed by atoms with Crippen molar-refractivity contribution in [2.24, 2.45) is 0 Å². The van der Waals surface area contributed by atoms with Crippen LogP contribution in [0.2, 0.25) is 0 Å². The molecule has 0 bridgehead atoms. The monoisotopic (exact) mass is 689 g/mol. The molecule has 2 aromatic heterocycles. The summed E-state index contributed by atoms with van der Waals surface area (Å²) in [4.78, 5) is 5.13. The first-order valence-electron chi connectivity index (χ1n) is 18.6. The number of para-hydroxylation sites is 3. The van der Waals surface area contributed by atoms with Crippen molar-refractivity contribution in [2.75, 3.05) is 0 Å². The maximum Gasteiger partial charge on any atom is 0.145 e. The van der Waals surface area contributed by atoms with Crippen LogP contribution in [-0.2, 0) is 0 Å². The zero-order valence-electron chi connectivity index (χ0n) is 30.1. The first kappa shape index (κ1) is 30.6. The maximum atomic E-state index is 5.13. The zero-order chi connectivity index (χ0) is 35.9. The molecule has 11 aromatic rings. The number of aryl methyl sites for hydroxylation is 1. The fourth-order valence-corrected chi connectivity index (χ4v) is 8.88. The van der Waals surface area contributed by atoms with Crippen LogP contribution >= 0.6 is 0 Å². The van der Waals surface area contributed by atoms with E-state index in [0.717, 1.165) is 28.1 Å². The standard InChI is InChI=1S/C51H35N3/c1-32-33(2)53(39-29-28-34-14-6-7-15-37(34)30-39)50-43-21-11-9-19-41(43)45-31-44(40-18-8-10-20-42(40)49(45)48(32)50)35-24-26-36(27-25-35)51-52-46-22-12-13-23-47(46)54(51)38-16-4-3-5-17-38/h3-31H,1-2H3. The molecule has 0 saturated carbocycles. The Morgan fingerprint density at radius 3 is 1.89 bits per heavy atom. The lowest BCUT2D eigenvalue weighted by molar-refractivity contribution is 1.05. The van der Waals surface area contributed by atoms with Crippen LogP contribution < -0.4 is 0 Å². The number of benzene rings is 9. The van der Waals surface area contributed by atoms with Gasteiger partial charge in [-0.15, -0.1) is 0 Å². The van der Waals surface area contributed by atoms with E-state index in [2.05, 4.69) is 199 Å². The molecule has 3 nitrogen and oxygen atoms in total. The molecule has 11 rings (SSSR count). The Balaban J connectivity index is 1.15. The lowest BCUT2D eigenvalue weighted by Crippen LogP contribution is -1.98. The largest absolute Gasteiger partial charge is 0.313 e. The normalized spacial score (nSPS) is 11.9. The Bertz CT molecular complexity index is 3270. The second kappa shape index (κ2) is 11.8. The summed E-state index contributed by atoms with van der Waals surface area (Å²) in [6.45, 7) is 4.57. The van der Waals surface area contributed by atoms with Crippen LogP contribution in [0.4, 0.5) is 0 Å². The number of aromatic nitrogens is 3. The summed E-state index contributed by atoms with van der Waals surface area (Å²) in [5.74, 6) is 0.937. The number of imidazole rings is 1. The molecule has 0 aliphatic rings. The third-order valence-corrected chi connectivity index (χ3v) is 11.5. The second-order valence-electron chi connectivity index (χ2n) is 14.4. The molecule has 0 radical (unpaired) electrons. The molecule has 254 valence electrons. The molecule has 0 spiro atoms. The highest BCUT2D eigenvalue weighted by atomic mass is 15.1. The predicted octanol–water partition coefficient (Wildman–Crippen LogP) is 13.5. The van der Waals surface area contributed by atoms with E-state index in [0.29, 0.717) is 0 Å². The van der Waals surface area contributed by atoms with Crippen molar-refractivity contribution in [3.63, 3.8) is 0 Å². The van der Waals surface area contributed by atoms with E-state index in [1.54, 1.807) is 0 Å². The first-order chi connectivity index (χ1) is 26.6. The Kier molecular flexibility index (Phi) is 6.68. The molecule has 0 aliphatic heterocycles. The van der Waals surface area contributed by atoms with E-state index in [9.17, 15) is 0 Å². The van der Waals surface area contributed by atoms with Gasteiger partial charge in [0.1, 0.15) is 5.82 Å². The SMILES string of the molecule is Cc1c(C)n(-c2ccc3ccccc3c2)c2c3ccccc3c3cc(-c4ccc(-c5nc6ccccc6n5-c5ccccc5)cc4)c4ccccc4c3c12. The Morgan fingerprint density at radius 2 is 1.07 bits per heavy atom. The fourth-order valence-electron chi connectivity index (χ4n) is 8.88. The van der Waals surface area contributed by atoms with Gasteiger partial charge in [0, 0.05) is 33.4 Å². The molecular weight excluding hydrogens is 655 g/mol. The number of nitrogens with zero attached hydrogens (tertiary/aromatic N) is 3. The number of rotatable bonds is 4. The lowest BCUT2D eigenvalue weighted by atomic mass is 9.88. The van der Waals surface area contributed by atoms with Crippen molar-refractivity contribution in [1.29, 1.82) is 0 Å². The zero-order valence-corrected chi connectivity index (χ0v) is 30.1. The average Bonchev–Trinajstić information content (AvgIpc) is 3.75. The third kappa shape index (κ3) is 4.45. The summed E-state index contributed by atoms with van der Waals surface area (Å²) in [6.07, 6.45) is 0. The highest BCUT2D eigenvalue weighted by Gasteiger charge is 2.22. The van der Waals surface area contributed by atoms with Gasteiger partial charge < -0.3 is 4.57 Å². The van der Waals surface area contributed by atoms with E-state index < -0.39 is 0 Å². The highest BCUT2D eigenvalue weighted by Crippen LogP contribution is 2.46. The fraction of sp³-hybridized carbons (Fsp3) is 0.0392. The van der Waals surface area contributed by atoms with Crippen LogP contribution in [0.5, 0.6) is 0 Å². The molecule has 0 atom stereocenters. The van der Waals surface area contributed by atoms with Crippen molar-refractivity contribution < 1.29 is 0 Å². The second-order valence-corrected chi connectivity index (χ2v) is 14.4. The van der Waals surface area contributed by atoms with Gasteiger partial charge in [-0.05, 0) is 111 Å². The van der Waals surface area contributed by atoms with Gasteiger partial charge in [0.2, 0.25) is 0 Å². The van der Waals surface area contributed by atoms with E-state index in [1.807, 2.05) is 0 Å². The van der Waals surface area contributed by atoms with Crippen LogP contribution in [0.3, 0.4) is 0 Å². The van der Waals surface area contributed by atoms with Crippen molar-refractivity contribution in [1.82, 2.24) is 14.1 Å². The maximum absolute atomic E-state index is 5.13. The summed E-state index contributed by atoms with van der Waals surface area (Å²) in [7, 11) is 0. The van der Waals surface area contributed by atoms with Gasteiger partial charge in [0.25, 0.3) is 0 Å². The van der Waals surface area contributed by atoms with Crippen molar-refractivity contribution in [3.05, 3.63) is 187 Å². The van der Waals surface area contributed by atoms with Gasteiger partial charge in [0.15, 0.2) is 0 Å². The van der Waals surface area contributed by atoms with E-state index in [1.165, 1.54) is 82.1 Å². The number of hydrogen-bond acceptors (Lipinski definition) is 1. The smallest absolute Gasteiger partial charge is 0.145 e. The van der Waals surface area contributed by atoms with Crippen LogP contribution in [0, 0.1) is 13.8 Å². The third-order valence-electron chi connectivity index (χ3n) is 11.5. The Hall–Kier alpha value is -6.97. The molecule has 9 aromatic carbocycles. The summed E-state index contributed by atoms with van der Waals surface area (Å²) >= 11 is 0. The minimum atomic E-state index is 0.937. The molecule has 0 amide bonds. The van der Waals surface area contributed by atoms with Gasteiger partial charge in [0.05, 0.1) is 16.6 Å². The molecule has 54 heavy (non-hydrogen) atoms. The topological polar surface area (TPSA) is 22.8 Å². The first-order valence-corrected chi connectivity index (χ1v) is 18.6. The highest BCUT2D eigenvalue weighted by molar-refractivity contribution is 6.33. The molecule has 0 aliphatic carbocycles. The molecule has 0 fully saturated rings. The summed E-state index contributed by atoms with van der Waals surface area (Å²) in [5, 5.41) is 11.5. The predicted molar refractivity (Wildman–Crippen MR) is 228 cm³/mol.